The highest BCUT2D eigenvalue weighted by Gasteiger charge is 2.33. The maximum absolute atomic E-state index is 12.5. The Bertz CT molecular complexity index is 545. The molecule has 0 radical (unpaired) electrons. The van der Waals surface area contributed by atoms with Crippen molar-refractivity contribution in [2.45, 2.75) is 51.0 Å². The van der Waals surface area contributed by atoms with Gasteiger partial charge in [-0.2, -0.15) is 0 Å². The summed E-state index contributed by atoms with van der Waals surface area (Å²) in [5.74, 6) is 1.62. The fourth-order valence-electron chi connectivity index (χ4n) is 4.02. The van der Waals surface area contributed by atoms with Gasteiger partial charge in [-0.3, -0.25) is 4.79 Å². The number of aromatic hydroxyl groups is 1. The maximum atomic E-state index is 12.5. The van der Waals surface area contributed by atoms with Crippen LogP contribution in [0.4, 0.5) is 0 Å². The second-order valence-electron chi connectivity index (χ2n) is 7.79. The molecule has 1 aromatic rings. The number of amides is 1. The van der Waals surface area contributed by atoms with Crippen molar-refractivity contribution >= 4 is 5.91 Å². The highest BCUT2D eigenvalue weighted by atomic mass is 16.3. The molecule has 2 saturated heterocycles. The molecule has 2 aliphatic rings. The molecule has 0 saturated carbocycles. The van der Waals surface area contributed by atoms with Crippen LogP contribution in [0.1, 0.15) is 51.0 Å². The van der Waals surface area contributed by atoms with Gasteiger partial charge < -0.3 is 15.3 Å². The van der Waals surface area contributed by atoms with E-state index in [4.69, 9.17) is 0 Å². The Hall–Kier alpha value is -1.55. The molecular weight excluding hydrogens is 288 g/mol. The minimum atomic E-state index is 0.177. The largest absolute Gasteiger partial charge is 0.508 e. The summed E-state index contributed by atoms with van der Waals surface area (Å²) in [7, 11) is 0. The lowest BCUT2D eigenvalue weighted by Gasteiger charge is -2.33. The molecule has 1 atom stereocenters. The molecule has 1 unspecified atom stereocenters. The molecule has 0 spiro atoms. The van der Waals surface area contributed by atoms with Crippen LogP contribution in [0.5, 0.6) is 5.75 Å². The van der Waals surface area contributed by atoms with Crippen LogP contribution in [0.15, 0.2) is 24.3 Å². The third-order valence-electron chi connectivity index (χ3n) is 5.34. The van der Waals surface area contributed by atoms with Crippen LogP contribution in [0.3, 0.4) is 0 Å². The van der Waals surface area contributed by atoms with E-state index in [0.29, 0.717) is 29.9 Å². The lowest BCUT2D eigenvalue weighted by Crippen LogP contribution is -2.38. The van der Waals surface area contributed by atoms with Crippen LogP contribution >= 0.6 is 0 Å². The van der Waals surface area contributed by atoms with Crippen molar-refractivity contribution in [3.63, 3.8) is 0 Å². The number of carbonyl (C=O) groups is 1. The Morgan fingerprint density at radius 3 is 2.48 bits per heavy atom. The first-order chi connectivity index (χ1) is 10.9. The lowest BCUT2D eigenvalue weighted by atomic mass is 9.89. The molecule has 0 bridgehead atoms. The predicted octanol–water partition coefficient (Wildman–Crippen LogP) is 2.88. The summed E-state index contributed by atoms with van der Waals surface area (Å²) in [4.78, 5) is 14.6. The zero-order valence-electron chi connectivity index (χ0n) is 14.2. The number of carbonyl (C=O) groups excluding carboxylic acids is 1. The van der Waals surface area contributed by atoms with E-state index in [9.17, 15) is 9.90 Å². The van der Waals surface area contributed by atoms with E-state index < -0.39 is 0 Å². The van der Waals surface area contributed by atoms with Gasteiger partial charge in [0.2, 0.25) is 5.91 Å². The van der Waals surface area contributed by atoms with E-state index in [0.717, 1.165) is 38.9 Å². The first-order valence-corrected chi connectivity index (χ1v) is 8.75. The Balaban J connectivity index is 1.48. The summed E-state index contributed by atoms with van der Waals surface area (Å²) in [5.41, 5.74) is 1.45. The molecule has 23 heavy (non-hydrogen) atoms. The SMILES string of the molecule is CC1(C)CC(CC(=O)N2CCC(c3ccc(O)cc3)CC2)CN1. The standard InChI is InChI=1S/C19H28N2O2/c1-19(2)12-14(13-20-19)11-18(23)21-9-7-16(8-10-21)15-3-5-17(22)6-4-15/h3-6,14,16,20,22H,7-13H2,1-2H3. The van der Waals surface area contributed by atoms with Gasteiger partial charge in [-0.1, -0.05) is 12.1 Å². The zero-order valence-corrected chi connectivity index (χ0v) is 14.2. The molecule has 126 valence electrons. The number of rotatable bonds is 3. The number of hydrogen-bond acceptors (Lipinski definition) is 3. The molecular formula is C19H28N2O2. The van der Waals surface area contributed by atoms with Crippen molar-refractivity contribution in [1.29, 1.82) is 0 Å². The Morgan fingerprint density at radius 1 is 1.26 bits per heavy atom. The van der Waals surface area contributed by atoms with Crippen LogP contribution in [0.25, 0.3) is 0 Å². The van der Waals surface area contributed by atoms with Crippen molar-refractivity contribution in [2.75, 3.05) is 19.6 Å². The maximum Gasteiger partial charge on any atom is 0.222 e. The summed E-state index contributed by atoms with van der Waals surface area (Å²) < 4.78 is 0. The molecule has 0 aromatic heterocycles. The minimum absolute atomic E-state index is 0.177. The first-order valence-electron chi connectivity index (χ1n) is 8.75. The molecule has 4 nitrogen and oxygen atoms in total. The van der Waals surface area contributed by atoms with Crippen LogP contribution in [0.2, 0.25) is 0 Å². The molecule has 1 aromatic carbocycles. The Labute approximate surface area is 138 Å². The normalized spacial score (nSPS) is 24.8. The van der Waals surface area contributed by atoms with E-state index in [2.05, 4.69) is 19.2 Å². The molecule has 2 aliphatic heterocycles. The first kappa shape index (κ1) is 16.3. The second kappa shape index (κ2) is 6.52. The minimum Gasteiger partial charge on any atom is -0.508 e. The molecule has 1 amide bonds. The van der Waals surface area contributed by atoms with Crippen LogP contribution in [-0.4, -0.2) is 41.1 Å². The van der Waals surface area contributed by atoms with Gasteiger partial charge in [0, 0.05) is 25.0 Å². The van der Waals surface area contributed by atoms with Gasteiger partial charge in [0.25, 0.3) is 0 Å². The van der Waals surface area contributed by atoms with Gasteiger partial charge in [-0.15, -0.1) is 0 Å². The van der Waals surface area contributed by atoms with Gasteiger partial charge in [-0.05, 0) is 69.2 Å². The van der Waals surface area contributed by atoms with E-state index >= 15 is 0 Å². The van der Waals surface area contributed by atoms with Gasteiger partial charge in [0.05, 0.1) is 0 Å². The number of benzene rings is 1. The summed E-state index contributed by atoms with van der Waals surface area (Å²) in [5, 5.41) is 12.9. The zero-order chi connectivity index (χ0) is 16.4. The number of likely N-dealkylation sites (tertiary alicyclic amines) is 1. The fourth-order valence-corrected chi connectivity index (χ4v) is 4.02. The topological polar surface area (TPSA) is 52.6 Å². The van der Waals surface area contributed by atoms with Crippen LogP contribution in [0, 0.1) is 5.92 Å². The number of phenols is 1. The second-order valence-corrected chi connectivity index (χ2v) is 7.79. The van der Waals surface area contributed by atoms with E-state index in [-0.39, 0.29) is 5.54 Å². The average molecular weight is 316 g/mol. The smallest absolute Gasteiger partial charge is 0.222 e. The summed E-state index contributed by atoms with van der Waals surface area (Å²) in [6, 6.07) is 7.51. The summed E-state index contributed by atoms with van der Waals surface area (Å²) in [6.07, 6.45) is 3.80. The molecule has 2 fully saturated rings. The van der Waals surface area contributed by atoms with Crippen molar-refractivity contribution < 1.29 is 9.90 Å². The molecule has 3 rings (SSSR count). The van der Waals surface area contributed by atoms with E-state index in [1.54, 1.807) is 12.1 Å². The average Bonchev–Trinajstić information content (AvgIpc) is 2.87. The number of nitrogens with zero attached hydrogens (tertiary/aromatic N) is 1. The molecule has 4 heteroatoms. The van der Waals surface area contributed by atoms with Crippen LogP contribution in [-0.2, 0) is 4.79 Å². The van der Waals surface area contributed by atoms with E-state index in [1.165, 1.54) is 5.56 Å². The Morgan fingerprint density at radius 2 is 1.91 bits per heavy atom. The van der Waals surface area contributed by atoms with Gasteiger partial charge in [-0.25, -0.2) is 0 Å². The highest BCUT2D eigenvalue weighted by molar-refractivity contribution is 5.76. The number of phenolic OH excluding ortho intramolecular Hbond substituents is 1. The molecule has 2 heterocycles. The number of nitrogens with one attached hydrogen (secondary N) is 1. The van der Waals surface area contributed by atoms with E-state index in [1.807, 2.05) is 17.0 Å². The van der Waals surface area contributed by atoms with Crippen molar-refractivity contribution in [1.82, 2.24) is 10.2 Å². The number of piperidine rings is 1. The predicted molar refractivity (Wildman–Crippen MR) is 91.5 cm³/mol. The van der Waals surface area contributed by atoms with Crippen molar-refractivity contribution in [3.05, 3.63) is 29.8 Å². The van der Waals surface area contributed by atoms with Crippen LogP contribution < -0.4 is 5.32 Å². The third kappa shape index (κ3) is 4.05. The Kier molecular flexibility index (Phi) is 4.62. The highest BCUT2D eigenvalue weighted by Crippen LogP contribution is 2.31. The lowest BCUT2D eigenvalue weighted by molar-refractivity contribution is -0.133. The quantitative estimate of drug-likeness (QED) is 0.901. The van der Waals surface area contributed by atoms with Gasteiger partial charge >= 0.3 is 0 Å². The summed E-state index contributed by atoms with van der Waals surface area (Å²) in [6.45, 7) is 7.09. The van der Waals surface area contributed by atoms with Crippen molar-refractivity contribution in [3.8, 4) is 5.75 Å². The summed E-state index contributed by atoms with van der Waals surface area (Å²) >= 11 is 0. The van der Waals surface area contributed by atoms with Gasteiger partial charge in [0.15, 0.2) is 0 Å². The number of hydrogen-bond donors (Lipinski definition) is 2. The monoisotopic (exact) mass is 316 g/mol. The fraction of sp³-hybridized carbons (Fsp3) is 0.632. The third-order valence-corrected chi connectivity index (χ3v) is 5.34. The van der Waals surface area contributed by atoms with Crippen molar-refractivity contribution in [2.24, 2.45) is 5.92 Å². The van der Waals surface area contributed by atoms with Gasteiger partial charge in [0.1, 0.15) is 5.75 Å². The molecule has 0 aliphatic carbocycles. The molecule has 2 N–H and O–H groups in total.